The molecule has 0 saturated carbocycles. The summed E-state index contributed by atoms with van der Waals surface area (Å²) < 4.78 is 17.6. The fraction of sp³-hybridized carbons (Fsp3) is 0.333. The molecule has 0 spiro atoms. The molecule has 0 aliphatic carbocycles. The van der Waals surface area contributed by atoms with Gasteiger partial charge in [-0.2, -0.15) is 0 Å². The SMILES string of the molecule is CCOC=O.CCc1c2c(nc3ccccc13)-c1c(N)c3c(c(=O)n1C2)COC(=O)[C@]3(O)CC.CCc1c2c(nc3ccccc13)-c1c(NC=O)c3c(c(=O)n1C2)COC(=O)[C@]3(O)CC. The van der Waals surface area contributed by atoms with Gasteiger partial charge in [-0.3, -0.25) is 23.7 Å². The molecule has 336 valence electrons. The number of fused-ring (bicyclic) bond motifs is 10. The van der Waals surface area contributed by atoms with E-state index in [0.717, 1.165) is 56.9 Å². The molecule has 0 radical (unpaired) electrons. The Morgan fingerprint density at radius 3 is 1.62 bits per heavy atom. The average molecular weight is 885 g/mol. The van der Waals surface area contributed by atoms with E-state index >= 15 is 0 Å². The van der Waals surface area contributed by atoms with E-state index in [4.69, 9.17) is 25.2 Å². The molecular weight excluding hydrogens is 837 g/mol. The van der Waals surface area contributed by atoms with E-state index < -0.39 is 23.1 Å². The van der Waals surface area contributed by atoms with Crippen LogP contribution in [0.3, 0.4) is 0 Å². The first-order valence-electron chi connectivity index (χ1n) is 21.5. The van der Waals surface area contributed by atoms with E-state index in [1.54, 1.807) is 29.9 Å². The number of carbonyl (C=O) groups excluding carboxylic acids is 4. The quantitative estimate of drug-likeness (QED) is 0.0925. The van der Waals surface area contributed by atoms with Gasteiger partial charge in [0, 0.05) is 33.0 Å². The summed E-state index contributed by atoms with van der Waals surface area (Å²) in [6.07, 6.45) is 2.06. The molecule has 5 N–H and O–H groups in total. The van der Waals surface area contributed by atoms with Crippen LogP contribution in [-0.4, -0.2) is 60.7 Å². The Morgan fingerprint density at radius 1 is 0.708 bits per heavy atom. The zero-order chi connectivity index (χ0) is 46.5. The number of aliphatic hydroxyl groups is 2. The first-order valence-corrected chi connectivity index (χ1v) is 21.5. The number of aromatic nitrogens is 4. The molecule has 4 aliphatic heterocycles. The highest BCUT2D eigenvalue weighted by Crippen LogP contribution is 2.47. The van der Waals surface area contributed by atoms with Gasteiger partial charge in [0.05, 0.1) is 76.0 Å². The van der Waals surface area contributed by atoms with Gasteiger partial charge >= 0.3 is 11.9 Å². The molecule has 10 rings (SSSR count). The number of ether oxygens (including phenoxy) is 3. The van der Waals surface area contributed by atoms with Crippen molar-refractivity contribution in [2.24, 2.45) is 0 Å². The normalized spacial score (nSPS) is 18.3. The minimum atomic E-state index is -2.03. The predicted molar refractivity (Wildman–Crippen MR) is 240 cm³/mol. The number of esters is 2. The minimum absolute atomic E-state index is 0.00647. The molecule has 17 heteroatoms. The van der Waals surface area contributed by atoms with Gasteiger partial charge in [0.2, 0.25) is 6.41 Å². The van der Waals surface area contributed by atoms with Gasteiger partial charge in [-0.15, -0.1) is 0 Å². The molecule has 2 atom stereocenters. The van der Waals surface area contributed by atoms with Crippen molar-refractivity contribution >= 4 is 58.0 Å². The zero-order valence-corrected chi connectivity index (χ0v) is 36.6. The Labute approximate surface area is 371 Å². The topological polar surface area (TPSA) is 244 Å². The number of rotatable bonds is 8. The molecular formula is C48H48N6O11. The Hall–Kier alpha value is -7.24. The summed E-state index contributed by atoms with van der Waals surface area (Å²) in [6, 6.07) is 15.6. The molecule has 0 unspecified atom stereocenters. The molecule has 0 bridgehead atoms. The maximum atomic E-state index is 13.5. The van der Waals surface area contributed by atoms with Crippen LogP contribution in [0.4, 0.5) is 11.4 Å². The van der Waals surface area contributed by atoms with Crippen LogP contribution in [0.1, 0.15) is 92.0 Å². The maximum absolute atomic E-state index is 13.5. The Morgan fingerprint density at radius 2 is 1.17 bits per heavy atom. The largest absolute Gasteiger partial charge is 0.468 e. The van der Waals surface area contributed by atoms with Gasteiger partial charge in [0.1, 0.15) is 13.2 Å². The number of amides is 1. The lowest BCUT2D eigenvalue weighted by Gasteiger charge is -2.33. The second kappa shape index (κ2) is 17.0. The Balaban J connectivity index is 0.000000161. The van der Waals surface area contributed by atoms with E-state index in [0.29, 0.717) is 55.4 Å². The summed E-state index contributed by atoms with van der Waals surface area (Å²) in [4.78, 5) is 82.0. The molecule has 0 saturated heterocycles. The average Bonchev–Trinajstić information content (AvgIpc) is 3.90. The smallest absolute Gasteiger partial charge is 0.343 e. The zero-order valence-electron chi connectivity index (χ0n) is 36.6. The van der Waals surface area contributed by atoms with Crippen molar-refractivity contribution in [1.29, 1.82) is 0 Å². The van der Waals surface area contributed by atoms with Crippen LogP contribution in [0.25, 0.3) is 44.6 Å². The number of nitrogens with one attached hydrogen (secondary N) is 1. The number of anilines is 2. The molecule has 0 fully saturated rings. The number of nitrogen functional groups attached to an aromatic ring is 1. The number of pyridine rings is 4. The van der Waals surface area contributed by atoms with Crippen molar-refractivity contribution in [3.05, 3.63) is 114 Å². The molecule has 17 nitrogen and oxygen atoms in total. The van der Waals surface area contributed by atoms with Crippen molar-refractivity contribution in [3.63, 3.8) is 0 Å². The third-order valence-corrected chi connectivity index (χ3v) is 12.8. The second-order valence-corrected chi connectivity index (χ2v) is 15.9. The van der Waals surface area contributed by atoms with Gasteiger partial charge in [0.15, 0.2) is 11.2 Å². The summed E-state index contributed by atoms with van der Waals surface area (Å²) in [5, 5.41) is 26.9. The number of para-hydroxylation sites is 2. The van der Waals surface area contributed by atoms with Crippen LogP contribution < -0.4 is 22.2 Å². The van der Waals surface area contributed by atoms with Crippen LogP contribution in [0.2, 0.25) is 0 Å². The van der Waals surface area contributed by atoms with Gasteiger partial charge < -0.3 is 40.0 Å². The fourth-order valence-electron chi connectivity index (χ4n) is 9.70. The molecule has 2 aromatic carbocycles. The Bertz CT molecular complexity index is 3120. The van der Waals surface area contributed by atoms with E-state index in [9.17, 15) is 39.0 Å². The van der Waals surface area contributed by atoms with Crippen LogP contribution in [0, 0.1) is 0 Å². The summed E-state index contributed by atoms with van der Waals surface area (Å²) in [7, 11) is 0. The van der Waals surface area contributed by atoms with Crippen LogP contribution in [-0.2, 0) is 83.7 Å². The number of benzene rings is 2. The molecule has 4 aromatic heterocycles. The highest BCUT2D eigenvalue weighted by Gasteiger charge is 2.49. The third kappa shape index (κ3) is 6.67. The van der Waals surface area contributed by atoms with Gasteiger partial charge in [-0.25, -0.2) is 19.6 Å². The van der Waals surface area contributed by atoms with Crippen molar-refractivity contribution in [2.75, 3.05) is 17.7 Å². The maximum Gasteiger partial charge on any atom is 0.343 e. The summed E-state index contributed by atoms with van der Waals surface area (Å²) >= 11 is 0. The highest BCUT2D eigenvalue weighted by atomic mass is 16.6. The van der Waals surface area contributed by atoms with Crippen LogP contribution >= 0.6 is 0 Å². The number of cyclic esters (lactones) is 2. The van der Waals surface area contributed by atoms with Crippen LogP contribution in [0.15, 0.2) is 58.1 Å². The molecule has 6 aromatic rings. The lowest BCUT2D eigenvalue weighted by molar-refractivity contribution is -0.172. The number of nitrogens with zero attached hydrogens (tertiary/aromatic N) is 4. The van der Waals surface area contributed by atoms with Crippen molar-refractivity contribution in [2.45, 2.75) is 97.8 Å². The number of hydrogen-bond donors (Lipinski definition) is 4. The first-order chi connectivity index (χ1) is 31.3. The number of hydrogen-bond acceptors (Lipinski definition) is 14. The van der Waals surface area contributed by atoms with Gasteiger partial charge in [0.25, 0.3) is 17.6 Å². The van der Waals surface area contributed by atoms with Crippen molar-refractivity contribution in [3.8, 4) is 22.8 Å². The van der Waals surface area contributed by atoms with E-state index in [1.807, 2.05) is 55.5 Å². The number of aryl methyl sites for hydroxylation is 2. The highest BCUT2D eigenvalue weighted by molar-refractivity contribution is 5.97. The molecule has 1 amide bonds. The lowest BCUT2D eigenvalue weighted by atomic mass is 9.84. The molecule has 8 heterocycles. The molecule has 4 aliphatic rings. The van der Waals surface area contributed by atoms with Crippen molar-refractivity contribution < 1.29 is 43.6 Å². The van der Waals surface area contributed by atoms with Crippen molar-refractivity contribution in [1.82, 2.24) is 19.1 Å². The molecule has 65 heavy (non-hydrogen) atoms. The monoisotopic (exact) mass is 884 g/mol. The van der Waals surface area contributed by atoms with Gasteiger partial charge in [-0.05, 0) is 55.9 Å². The summed E-state index contributed by atoms with van der Waals surface area (Å²) in [5.74, 6) is -1.61. The number of carbonyl (C=O) groups is 4. The fourth-order valence-corrected chi connectivity index (χ4v) is 9.70. The third-order valence-electron chi connectivity index (χ3n) is 12.8. The second-order valence-electron chi connectivity index (χ2n) is 15.9. The van der Waals surface area contributed by atoms with Crippen LogP contribution in [0.5, 0.6) is 0 Å². The summed E-state index contributed by atoms with van der Waals surface area (Å²) in [5.41, 5.74) is 10.9. The Kier molecular flexibility index (Phi) is 11.6. The van der Waals surface area contributed by atoms with E-state index in [2.05, 4.69) is 17.0 Å². The summed E-state index contributed by atoms with van der Waals surface area (Å²) in [6.45, 7) is 10.3. The van der Waals surface area contributed by atoms with E-state index in [-0.39, 0.29) is 70.8 Å². The predicted octanol–water partition coefficient (Wildman–Crippen LogP) is 4.61. The van der Waals surface area contributed by atoms with E-state index in [1.165, 1.54) is 0 Å². The lowest BCUT2D eigenvalue weighted by Crippen LogP contribution is -2.45. The first kappa shape index (κ1) is 44.4. The number of nitrogens with two attached hydrogens (primary N) is 1. The van der Waals surface area contributed by atoms with Gasteiger partial charge in [-0.1, -0.05) is 64.1 Å². The standard InChI is InChI=1S/C23H21N3O5.C22H21N3O4.C3H6O2/c1-3-12-13-7-5-6-8-16(13)25-18-14(12)9-26-20(18)19(24-11-27)17-15(21(26)28)10-31-22(29)23(17,30)4-2;1-3-11-12-7-5-6-8-15(12)24-18-13(11)9-25-19(18)17(23)16-14(20(25)26)10-29-21(27)22(16,28)4-2;1-2-5-3-4/h5-8,11,30H,3-4,9-10H2,1-2H3,(H,24,27);5-8,28H,3-4,9-10,23H2,1-2H3;3H,2H2,1H3/t23-;22-;/m00./s1. The minimum Gasteiger partial charge on any atom is -0.468 e.